The average Bonchev–Trinajstić information content (AvgIpc) is 3.13. The van der Waals surface area contributed by atoms with Gasteiger partial charge >= 0.3 is 5.97 Å². The normalized spacial score (nSPS) is 10.6. The van der Waals surface area contributed by atoms with Crippen LogP contribution >= 0.6 is 23.1 Å². The van der Waals surface area contributed by atoms with Crippen molar-refractivity contribution in [1.82, 2.24) is 0 Å². The highest BCUT2D eigenvalue weighted by atomic mass is 32.2. The second kappa shape index (κ2) is 10.2. The summed E-state index contributed by atoms with van der Waals surface area (Å²) in [5.74, 6) is -1.05. The van der Waals surface area contributed by atoms with Gasteiger partial charge in [-0.2, -0.15) is 0 Å². The number of fused-ring (bicyclic) bond motifs is 1. The van der Waals surface area contributed by atoms with Crippen molar-refractivity contribution in [2.45, 2.75) is 6.92 Å². The highest BCUT2D eigenvalue weighted by molar-refractivity contribution is 8.00. The number of hydrogen-bond donors (Lipinski definition) is 2. The maximum absolute atomic E-state index is 12.9. The lowest BCUT2D eigenvalue weighted by Gasteiger charge is -2.06. The molecule has 6 nitrogen and oxygen atoms in total. The summed E-state index contributed by atoms with van der Waals surface area (Å²) in [6, 6.07) is 12.6. The highest BCUT2D eigenvalue weighted by Crippen LogP contribution is 2.28. The molecule has 2 aromatic carbocycles. The van der Waals surface area contributed by atoms with Crippen molar-refractivity contribution in [2.75, 3.05) is 28.7 Å². The van der Waals surface area contributed by atoms with Gasteiger partial charge < -0.3 is 15.4 Å². The van der Waals surface area contributed by atoms with Crippen molar-refractivity contribution in [3.63, 3.8) is 0 Å². The van der Waals surface area contributed by atoms with Gasteiger partial charge in [0.05, 0.1) is 18.1 Å². The highest BCUT2D eigenvalue weighted by Gasteiger charge is 2.12. The van der Waals surface area contributed by atoms with Crippen LogP contribution < -0.4 is 10.6 Å². The SMILES string of the molecule is CCOC(=O)c1cc2cc(NC(=O)CSCC(=O)Nc3ccc(F)cc3)ccc2s1. The average molecular weight is 447 g/mol. The van der Waals surface area contributed by atoms with E-state index in [2.05, 4.69) is 10.6 Å². The Labute approximate surface area is 180 Å². The minimum absolute atomic E-state index is 0.0945. The molecule has 0 unspecified atom stereocenters. The Hall–Kier alpha value is -2.91. The number of anilines is 2. The number of thiophene rings is 1. The molecule has 0 saturated heterocycles. The number of thioether (sulfide) groups is 1. The number of hydrogen-bond acceptors (Lipinski definition) is 6. The number of rotatable bonds is 8. The molecule has 3 aromatic rings. The van der Waals surface area contributed by atoms with Crippen molar-refractivity contribution < 1.29 is 23.5 Å². The van der Waals surface area contributed by atoms with Crippen LogP contribution in [0.3, 0.4) is 0 Å². The summed E-state index contributed by atoms with van der Waals surface area (Å²) in [5, 5.41) is 6.26. The molecule has 1 aromatic heterocycles. The Balaban J connectivity index is 1.48. The number of carbonyl (C=O) groups is 3. The fourth-order valence-corrected chi connectivity index (χ4v) is 4.14. The van der Waals surface area contributed by atoms with Crippen LogP contribution in [0.1, 0.15) is 16.6 Å². The Morgan fingerprint density at radius 2 is 1.60 bits per heavy atom. The third-order valence-corrected chi connectivity index (χ3v) is 5.90. The molecule has 0 spiro atoms. The molecule has 0 atom stereocenters. The van der Waals surface area contributed by atoms with Gasteiger partial charge in [-0.25, -0.2) is 9.18 Å². The largest absolute Gasteiger partial charge is 0.462 e. The summed E-state index contributed by atoms with van der Waals surface area (Å²) in [7, 11) is 0. The summed E-state index contributed by atoms with van der Waals surface area (Å²) in [6.07, 6.45) is 0. The first-order valence-electron chi connectivity index (χ1n) is 9.08. The number of ether oxygens (including phenoxy) is 1. The molecule has 156 valence electrons. The van der Waals surface area contributed by atoms with Crippen molar-refractivity contribution >= 4 is 62.3 Å². The molecule has 0 aliphatic carbocycles. The third-order valence-electron chi connectivity index (χ3n) is 3.87. The molecule has 0 bridgehead atoms. The number of benzene rings is 2. The molecule has 0 aliphatic rings. The molecular weight excluding hydrogens is 427 g/mol. The maximum atomic E-state index is 12.9. The van der Waals surface area contributed by atoms with Gasteiger partial charge in [0.15, 0.2) is 0 Å². The summed E-state index contributed by atoms with van der Waals surface area (Å²) < 4.78 is 18.8. The number of carbonyl (C=O) groups excluding carboxylic acids is 3. The predicted molar refractivity (Wildman–Crippen MR) is 119 cm³/mol. The second-order valence-corrected chi connectivity index (χ2v) is 8.25. The van der Waals surface area contributed by atoms with E-state index in [4.69, 9.17) is 4.74 Å². The summed E-state index contributed by atoms with van der Waals surface area (Å²) in [5.41, 5.74) is 1.11. The monoisotopic (exact) mass is 446 g/mol. The van der Waals surface area contributed by atoms with Crippen molar-refractivity contribution in [3.8, 4) is 0 Å². The fourth-order valence-electron chi connectivity index (χ4n) is 2.59. The lowest BCUT2D eigenvalue weighted by molar-refractivity contribution is -0.114. The summed E-state index contributed by atoms with van der Waals surface area (Å²) in [6.45, 7) is 2.07. The molecule has 0 aliphatic heterocycles. The maximum Gasteiger partial charge on any atom is 0.348 e. The first-order chi connectivity index (χ1) is 14.4. The minimum Gasteiger partial charge on any atom is -0.462 e. The lowest BCUT2D eigenvalue weighted by atomic mass is 10.2. The van der Waals surface area contributed by atoms with Gasteiger partial charge in [0.1, 0.15) is 10.7 Å². The minimum atomic E-state index is -0.378. The van der Waals surface area contributed by atoms with Gasteiger partial charge in [-0.15, -0.1) is 23.1 Å². The quantitative estimate of drug-likeness (QED) is 0.497. The zero-order chi connectivity index (χ0) is 21.5. The fraction of sp³-hybridized carbons (Fsp3) is 0.190. The van der Waals surface area contributed by atoms with Gasteiger partial charge in [0, 0.05) is 16.1 Å². The van der Waals surface area contributed by atoms with Crippen LogP contribution in [-0.2, 0) is 14.3 Å². The zero-order valence-electron chi connectivity index (χ0n) is 16.1. The summed E-state index contributed by atoms with van der Waals surface area (Å²) >= 11 is 2.51. The smallest absolute Gasteiger partial charge is 0.348 e. The van der Waals surface area contributed by atoms with E-state index >= 15 is 0 Å². The molecule has 2 N–H and O–H groups in total. The van der Waals surface area contributed by atoms with E-state index in [0.29, 0.717) is 22.9 Å². The molecule has 0 saturated carbocycles. The van der Waals surface area contributed by atoms with E-state index in [1.165, 1.54) is 47.4 Å². The van der Waals surface area contributed by atoms with E-state index in [1.54, 1.807) is 25.1 Å². The molecule has 9 heteroatoms. The number of halogens is 1. The Morgan fingerprint density at radius 1 is 0.967 bits per heavy atom. The van der Waals surface area contributed by atoms with Crippen molar-refractivity contribution in [3.05, 3.63) is 59.2 Å². The van der Waals surface area contributed by atoms with Crippen LogP contribution in [0, 0.1) is 5.82 Å². The van der Waals surface area contributed by atoms with E-state index in [-0.39, 0.29) is 35.1 Å². The van der Waals surface area contributed by atoms with Crippen LogP contribution in [0.5, 0.6) is 0 Å². The Bertz CT molecular complexity index is 1070. The van der Waals surface area contributed by atoms with Crippen LogP contribution in [0.25, 0.3) is 10.1 Å². The van der Waals surface area contributed by atoms with E-state index in [0.717, 1.165) is 10.1 Å². The van der Waals surface area contributed by atoms with Gasteiger partial charge in [-0.3, -0.25) is 9.59 Å². The molecule has 30 heavy (non-hydrogen) atoms. The van der Waals surface area contributed by atoms with E-state index in [9.17, 15) is 18.8 Å². The van der Waals surface area contributed by atoms with Gasteiger partial charge in [-0.05, 0) is 60.8 Å². The molecule has 3 rings (SSSR count). The zero-order valence-corrected chi connectivity index (χ0v) is 17.7. The van der Waals surface area contributed by atoms with Crippen LogP contribution in [0.2, 0.25) is 0 Å². The first-order valence-corrected chi connectivity index (χ1v) is 11.1. The number of esters is 1. The molecule has 0 fully saturated rings. The molecule has 1 heterocycles. The summed E-state index contributed by atoms with van der Waals surface area (Å²) in [4.78, 5) is 36.4. The van der Waals surface area contributed by atoms with Gasteiger partial charge in [0.2, 0.25) is 11.8 Å². The lowest BCUT2D eigenvalue weighted by Crippen LogP contribution is -2.18. The number of nitrogens with one attached hydrogen (secondary N) is 2. The van der Waals surface area contributed by atoms with Gasteiger partial charge in [-0.1, -0.05) is 0 Å². The predicted octanol–water partition coefficient (Wildman–Crippen LogP) is 4.53. The van der Waals surface area contributed by atoms with Crippen LogP contribution in [0.4, 0.5) is 15.8 Å². The van der Waals surface area contributed by atoms with E-state index < -0.39 is 0 Å². The Morgan fingerprint density at radius 3 is 2.27 bits per heavy atom. The molecular formula is C21H19FN2O4S2. The standard InChI is InChI=1S/C21H19FN2O4S2/c1-2-28-21(27)18-10-13-9-16(7-8-17(13)30-18)24-20(26)12-29-11-19(25)23-15-5-3-14(22)4-6-15/h3-10H,2,11-12H2,1H3,(H,23,25)(H,24,26). The first kappa shape index (κ1) is 21.8. The van der Waals surface area contributed by atoms with Crippen LogP contribution in [0.15, 0.2) is 48.5 Å². The molecule has 0 radical (unpaired) electrons. The topological polar surface area (TPSA) is 84.5 Å². The van der Waals surface area contributed by atoms with Crippen LogP contribution in [-0.4, -0.2) is 35.9 Å². The van der Waals surface area contributed by atoms with Crippen molar-refractivity contribution in [1.29, 1.82) is 0 Å². The third kappa shape index (κ3) is 6.04. The number of amides is 2. The van der Waals surface area contributed by atoms with Crippen molar-refractivity contribution in [2.24, 2.45) is 0 Å². The molecule has 2 amide bonds. The van der Waals surface area contributed by atoms with Gasteiger partial charge in [0.25, 0.3) is 0 Å². The Kier molecular flexibility index (Phi) is 7.42. The second-order valence-electron chi connectivity index (χ2n) is 6.18. The van der Waals surface area contributed by atoms with E-state index in [1.807, 2.05) is 6.07 Å².